The van der Waals surface area contributed by atoms with Gasteiger partial charge in [0.15, 0.2) is 0 Å². The maximum atomic E-state index is 2.58. The van der Waals surface area contributed by atoms with Crippen LogP contribution in [0.25, 0.3) is 0 Å². The fourth-order valence-electron chi connectivity index (χ4n) is 4.33. The average Bonchev–Trinajstić information content (AvgIpc) is 2.75. The third-order valence-corrected chi connectivity index (χ3v) is 13.9. The molecule has 1 rings (SSSR count). The Morgan fingerprint density at radius 3 is 1.00 bits per heavy atom. The van der Waals surface area contributed by atoms with Crippen LogP contribution < -0.4 is 0 Å². The van der Waals surface area contributed by atoms with Gasteiger partial charge in [-0.25, -0.2) is 0 Å². The van der Waals surface area contributed by atoms with Crippen LogP contribution in [0.2, 0.25) is 20.2 Å². The minimum absolute atomic E-state index is 0.427. The molecule has 0 aromatic rings. The van der Waals surface area contributed by atoms with E-state index < -0.39 is 17.6 Å². The molecule has 2 nitrogen and oxygen atoms in total. The Kier molecular flexibility index (Phi) is 6.77. The Morgan fingerprint density at radius 1 is 0.560 bits per heavy atom. The van der Waals surface area contributed by atoms with Gasteiger partial charge in [-0.05, 0) is 20.2 Å². The average molecular weight is 381 g/mol. The largest absolute Gasteiger partial charge is 0.362 e. The summed E-state index contributed by atoms with van der Waals surface area (Å²) < 4.78 is 0. The Labute approximate surface area is 162 Å². The molecular formula is C21H44N2Si2. The number of hydrogen-bond acceptors (Lipinski definition) is 2. The van der Waals surface area contributed by atoms with Gasteiger partial charge in [0.05, 0.1) is 24.3 Å². The molecule has 25 heavy (non-hydrogen) atoms. The summed E-state index contributed by atoms with van der Waals surface area (Å²) >= 11 is 0. The molecule has 0 fully saturated rings. The molecule has 4 heteroatoms. The minimum atomic E-state index is -0.510. The first kappa shape index (κ1) is 22.8. The van der Waals surface area contributed by atoms with Crippen LogP contribution >= 0.6 is 0 Å². The third-order valence-electron chi connectivity index (χ3n) is 5.20. The van der Waals surface area contributed by atoms with E-state index in [0.29, 0.717) is 20.2 Å². The van der Waals surface area contributed by atoms with E-state index >= 15 is 0 Å². The molecule has 0 atom stereocenters. The van der Waals surface area contributed by atoms with Crippen LogP contribution in [-0.4, -0.2) is 46.4 Å². The fraction of sp³-hybridized carbons (Fsp3) is 0.905. The molecular weight excluding hydrogens is 336 g/mol. The standard InChI is InChI=1S/C21H44N2Si2/c1-18(2,3)24(19(4,5)6)16-22-13-14-23(15-22)17-25(20(7,8)9)21(10,11)12/h13-14H,15-17H2,1-12H3. The van der Waals surface area contributed by atoms with Crippen molar-refractivity contribution in [2.45, 2.75) is 103 Å². The smallest absolute Gasteiger partial charge is 0.0887 e. The summed E-state index contributed by atoms with van der Waals surface area (Å²) in [6.45, 7) is 30.3. The second-order valence-corrected chi connectivity index (χ2v) is 20.4. The summed E-state index contributed by atoms with van der Waals surface area (Å²) in [6.07, 6.45) is 7.20. The zero-order valence-corrected chi connectivity index (χ0v) is 21.2. The molecule has 0 bridgehead atoms. The molecule has 0 N–H and O–H groups in total. The summed E-state index contributed by atoms with van der Waals surface area (Å²) in [6, 6.07) is 0. The van der Waals surface area contributed by atoms with Crippen molar-refractivity contribution in [2.75, 3.05) is 19.0 Å². The molecule has 1 aliphatic heterocycles. The van der Waals surface area contributed by atoms with Crippen molar-refractivity contribution in [3.05, 3.63) is 12.4 Å². The van der Waals surface area contributed by atoms with E-state index in [1.807, 2.05) is 0 Å². The van der Waals surface area contributed by atoms with Gasteiger partial charge in [0, 0.05) is 24.7 Å². The van der Waals surface area contributed by atoms with E-state index in [1.165, 1.54) is 12.3 Å². The van der Waals surface area contributed by atoms with E-state index in [4.69, 9.17) is 0 Å². The molecule has 1 heterocycles. The molecule has 0 aromatic carbocycles. The summed E-state index contributed by atoms with van der Waals surface area (Å²) in [7, 11) is -1.02. The Balaban J connectivity index is 2.77. The topological polar surface area (TPSA) is 6.48 Å². The molecule has 0 saturated carbocycles. The van der Waals surface area contributed by atoms with Gasteiger partial charge in [0.2, 0.25) is 0 Å². The minimum Gasteiger partial charge on any atom is -0.362 e. The van der Waals surface area contributed by atoms with Crippen LogP contribution in [0.5, 0.6) is 0 Å². The molecule has 0 aromatic heterocycles. The predicted molar refractivity (Wildman–Crippen MR) is 118 cm³/mol. The zero-order valence-electron chi connectivity index (χ0n) is 19.2. The lowest BCUT2D eigenvalue weighted by molar-refractivity contribution is 0.305. The van der Waals surface area contributed by atoms with Gasteiger partial charge in [-0.1, -0.05) is 83.1 Å². The molecule has 146 valence electrons. The summed E-state index contributed by atoms with van der Waals surface area (Å²) in [5.74, 6) is 0. The van der Waals surface area contributed by atoms with E-state index in [0.717, 1.165) is 6.67 Å². The predicted octanol–water partition coefficient (Wildman–Crippen LogP) is 6.30. The van der Waals surface area contributed by atoms with Crippen LogP contribution in [0, 0.1) is 0 Å². The highest BCUT2D eigenvalue weighted by Crippen LogP contribution is 2.44. The maximum Gasteiger partial charge on any atom is 0.0887 e. The number of rotatable bonds is 4. The summed E-state index contributed by atoms with van der Waals surface area (Å²) in [5.41, 5.74) is 0. The van der Waals surface area contributed by atoms with Crippen LogP contribution in [0.1, 0.15) is 83.1 Å². The highest BCUT2D eigenvalue weighted by molar-refractivity contribution is 6.65. The van der Waals surface area contributed by atoms with E-state index in [-0.39, 0.29) is 0 Å². The highest BCUT2D eigenvalue weighted by atomic mass is 28.3. The van der Waals surface area contributed by atoms with Crippen LogP contribution in [0.3, 0.4) is 0 Å². The van der Waals surface area contributed by atoms with Crippen molar-refractivity contribution in [1.29, 1.82) is 0 Å². The highest BCUT2D eigenvalue weighted by Gasteiger charge is 2.40. The van der Waals surface area contributed by atoms with Gasteiger partial charge >= 0.3 is 0 Å². The van der Waals surface area contributed by atoms with Crippen LogP contribution in [-0.2, 0) is 0 Å². The van der Waals surface area contributed by atoms with Crippen molar-refractivity contribution in [2.24, 2.45) is 0 Å². The molecule has 2 radical (unpaired) electrons. The van der Waals surface area contributed by atoms with Gasteiger partial charge in [0.1, 0.15) is 0 Å². The van der Waals surface area contributed by atoms with Crippen molar-refractivity contribution in [3.8, 4) is 0 Å². The van der Waals surface area contributed by atoms with Gasteiger partial charge < -0.3 is 9.80 Å². The van der Waals surface area contributed by atoms with E-state index in [1.54, 1.807) is 0 Å². The molecule has 1 aliphatic rings. The summed E-state index contributed by atoms with van der Waals surface area (Å²) in [5, 5.41) is 1.71. The van der Waals surface area contributed by atoms with Crippen molar-refractivity contribution >= 4 is 17.6 Å². The Morgan fingerprint density at radius 2 is 0.800 bits per heavy atom. The van der Waals surface area contributed by atoms with Crippen molar-refractivity contribution < 1.29 is 0 Å². The first-order chi connectivity index (χ1) is 10.9. The van der Waals surface area contributed by atoms with Gasteiger partial charge in [0.25, 0.3) is 0 Å². The number of nitrogens with zero attached hydrogens (tertiary/aromatic N) is 2. The summed E-state index contributed by atoms with van der Waals surface area (Å²) in [4.78, 5) is 5.16. The first-order valence-corrected chi connectivity index (χ1v) is 13.2. The monoisotopic (exact) mass is 380 g/mol. The first-order valence-electron chi connectivity index (χ1n) is 9.82. The van der Waals surface area contributed by atoms with Gasteiger partial charge in [-0.3, -0.25) is 0 Å². The lowest BCUT2D eigenvalue weighted by atomic mass is 10.2. The normalized spacial score (nSPS) is 17.4. The fourth-order valence-corrected chi connectivity index (χ4v) is 11.9. The van der Waals surface area contributed by atoms with Crippen LogP contribution in [0.4, 0.5) is 0 Å². The van der Waals surface area contributed by atoms with Gasteiger partial charge in [-0.15, -0.1) is 0 Å². The quantitative estimate of drug-likeness (QED) is 0.528. The second-order valence-electron chi connectivity index (χ2n) is 11.9. The van der Waals surface area contributed by atoms with Gasteiger partial charge in [-0.2, -0.15) is 0 Å². The lowest BCUT2D eigenvalue weighted by Crippen LogP contribution is -2.47. The number of hydrogen-bond donors (Lipinski definition) is 0. The molecule has 0 saturated heterocycles. The van der Waals surface area contributed by atoms with Crippen LogP contribution in [0.15, 0.2) is 12.4 Å². The molecule has 0 spiro atoms. The molecule has 0 amide bonds. The Bertz CT molecular complexity index is 388. The SMILES string of the molecule is CC(C)(C)[Si](CN1C=CN(C[Si](C(C)(C)C)C(C)(C)C)C1)C(C)(C)C. The third kappa shape index (κ3) is 6.78. The molecule has 0 unspecified atom stereocenters. The Hall–Kier alpha value is -0.226. The zero-order chi connectivity index (χ0) is 19.8. The van der Waals surface area contributed by atoms with Crippen molar-refractivity contribution in [1.82, 2.24) is 9.80 Å². The molecule has 0 aliphatic carbocycles. The van der Waals surface area contributed by atoms with E-state index in [9.17, 15) is 0 Å². The van der Waals surface area contributed by atoms with Crippen molar-refractivity contribution in [3.63, 3.8) is 0 Å². The maximum absolute atomic E-state index is 2.58. The lowest BCUT2D eigenvalue weighted by Gasteiger charge is -2.43. The second kappa shape index (κ2) is 7.42. The van der Waals surface area contributed by atoms with E-state index in [2.05, 4.69) is 105 Å².